The topological polar surface area (TPSA) is 29.3 Å². The Balaban J connectivity index is 1.85. The number of nitrogens with zero attached hydrogens (tertiary/aromatic N) is 1. The second-order valence-electron chi connectivity index (χ2n) is 5.55. The number of benzene rings is 2. The van der Waals surface area contributed by atoms with Crippen LogP contribution in [0.4, 0.5) is 14.5 Å². The lowest BCUT2D eigenvalue weighted by atomic mass is 9.95. The molecule has 2 aromatic carbocycles. The van der Waals surface area contributed by atoms with Crippen LogP contribution >= 0.6 is 0 Å². The Morgan fingerprint density at radius 2 is 1.95 bits per heavy atom. The third-order valence-electron chi connectivity index (χ3n) is 4.31. The van der Waals surface area contributed by atoms with Gasteiger partial charge < -0.3 is 5.73 Å². The van der Waals surface area contributed by atoms with Crippen LogP contribution in [0, 0.1) is 11.6 Å². The van der Waals surface area contributed by atoms with Crippen molar-refractivity contribution in [3.8, 4) is 0 Å². The largest absolute Gasteiger partial charge is 0.398 e. The van der Waals surface area contributed by atoms with Gasteiger partial charge in [-0.1, -0.05) is 18.2 Å². The maximum Gasteiger partial charge on any atom is 0.159 e. The quantitative estimate of drug-likeness (QED) is 0.854. The summed E-state index contributed by atoms with van der Waals surface area (Å²) in [6.45, 7) is 3.63. The first kappa shape index (κ1) is 14.0. The number of rotatable bonds is 2. The maximum absolute atomic E-state index is 13.4. The Labute approximate surface area is 123 Å². The molecular weight excluding hydrogens is 270 g/mol. The summed E-state index contributed by atoms with van der Waals surface area (Å²) in [5.41, 5.74) is 10.1. The average Bonchev–Trinajstić information content (AvgIpc) is 2.49. The minimum absolute atomic E-state index is 0.0212. The van der Waals surface area contributed by atoms with Crippen molar-refractivity contribution in [2.24, 2.45) is 0 Å². The van der Waals surface area contributed by atoms with Gasteiger partial charge in [0, 0.05) is 24.8 Å². The zero-order valence-corrected chi connectivity index (χ0v) is 11.9. The highest BCUT2D eigenvalue weighted by atomic mass is 19.2. The van der Waals surface area contributed by atoms with Gasteiger partial charge in [-0.3, -0.25) is 4.90 Å². The molecule has 2 N–H and O–H groups in total. The number of anilines is 1. The summed E-state index contributed by atoms with van der Waals surface area (Å²) in [6.07, 6.45) is 0.925. The molecule has 4 heteroatoms. The van der Waals surface area contributed by atoms with Gasteiger partial charge in [0.25, 0.3) is 0 Å². The van der Waals surface area contributed by atoms with Crippen molar-refractivity contribution < 1.29 is 8.78 Å². The zero-order chi connectivity index (χ0) is 15.0. The Hall–Kier alpha value is -1.94. The van der Waals surface area contributed by atoms with Gasteiger partial charge in [-0.2, -0.15) is 0 Å². The molecule has 2 nitrogen and oxygen atoms in total. The van der Waals surface area contributed by atoms with Gasteiger partial charge in [-0.25, -0.2) is 8.78 Å². The van der Waals surface area contributed by atoms with Crippen LogP contribution in [0.15, 0.2) is 36.4 Å². The van der Waals surface area contributed by atoms with Crippen LogP contribution < -0.4 is 5.73 Å². The van der Waals surface area contributed by atoms with E-state index in [2.05, 4.69) is 11.0 Å². The molecule has 0 radical (unpaired) electrons. The fraction of sp³-hybridized carbons (Fsp3) is 0.294. The zero-order valence-electron chi connectivity index (χ0n) is 11.9. The first-order valence-corrected chi connectivity index (χ1v) is 7.11. The fourth-order valence-corrected chi connectivity index (χ4v) is 2.94. The van der Waals surface area contributed by atoms with E-state index >= 15 is 0 Å². The van der Waals surface area contributed by atoms with Crippen LogP contribution in [0.1, 0.15) is 29.7 Å². The maximum atomic E-state index is 13.4. The van der Waals surface area contributed by atoms with Crippen molar-refractivity contribution >= 4 is 5.69 Å². The minimum atomic E-state index is -0.806. The van der Waals surface area contributed by atoms with E-state index in [1.54, 1.807) is 6.07 Å². The first-order chi connectivity index (χ1) is 10.1. The second-order valence-corrected chi connectivity index (χ2v) is 5.55. The summed E-state index contributed by atoms with van der Waals surface area (Å²) in [7, 11) is 0. The molecule has 0 saturated heterocycles. The summed E-state index contributed by atoms with van der Waals surface area (Å²) in [4.78, 5) is 2.24. The number of hydrogen-bond acceptors (Lipinski definition) is 2. The van der Waals surface area contributed by atoms with Crippen molar-refractivity contribution in [1.82, 2.24) is 4.90 Å². The van der Waals surface area contributed by atoms with E-state index in [0.29, 0.717) is 0 Å². The Bertz CT molecular complexity index is 670. The SMILES string of the molecule is CC(c1ccc(F)c(F)c1)N1CCc2cccc(N)c2C1. The van der Waals surface area contributed by atoms with Crippen LogP contribution in [0.2, 0.25) is 0 Å². The molecule has 0 amide bonds. The van der Waals surface area contributed by atoms with E-state index in [1.807, 2.05) is 19.1 Å². The summed E-state index contributed by atoms with van der Waals surface area (Å²) in [6, 6.07) is 10.1. The molecule has 0 bridgehead atoms. The van der Waals surface area contributed by atoms with Gasteiger partial charge in [0.15, 0.2) is 11.6 Å². The van der Waals surface area contributed by atoms with E-state index in [4.69, 9.17) is 5.73 Å². The monoisotopic (exact) mass is 288 g/mol. The Kier molecular flexibility index (Phi) is 3.64. The Morgan fingerprint density at radius 1 is 1.14 bits per heavy atom. The smallest absolute Gasteiger partial charge is 0.159 e. The molecule has 21 heavy (non-hydrogen) atoms. The summed E-state index contributed by atoms with van der Waals surface area (Å²) in [5.74, 6) is -1.60. The molecule has 0 aliphatic carbocycles. The summed E-state index contributed by atoms with van der Waals surface area (Å²) >= 11 is 0. The second kappa shape index (κ2) is 5.45. The molecule has 0 aromatic heterocycles. The molecule has 0 spiro atoms. The van der Waals surface area contributed by atoms with Crippen molar-refractivity contribution in [3.63, 3.8) is 0 Å². The number of fused-ring (bicyclic) bond motifs is 1. The number of halogens is 2. The van der Waals surface area contributed by atoms with Gasteiger partial charge >= 0.3 is 0 Å². The molecule has 1 heterocycles. The third kappa shape index (κ3) is 2.63. The van der Waals surface area contributed by atoms with Crippen molar-refractivity contribution in [2.45, 2.75) is 25.9 Å². The van der Waals surface area contributed by atoms with Crippen molar-refractivity contribution in [3.05, 3.63) is 64.7 Å². The minimum Gasteiger partial charge on any atom is -0.398 e. The van der Waals surface area contributed by atoms with Gasteiger partial charge in [-0.15, -0.1) is 0 Å². The highest BCUT2D eigenvalue weighted by Crippen LogP contribution is 2.30. The predicted octanol–water partition coefficient (Wildman–Crippen LogP) is 3.67. The molecular formula is C17H18F2N2. The third-order valence-corrected chi connectivity index (χ3v) is 4.31. The van der Waals surface area contributed by atoms with Crippen LogP contribution in [-0.4, -0.2) is 11.4 Å². The standard InChI is InChI=1S/C17H18F2N2/c1-11(13-5-6-15(18)16(19)9-13)21-8-7-12-3-2-4-17(20)14(12)10-21/h2-6,9,11H,7-8,10,20H2,1H3. The average molecular weight is 288 g/mol. The highest BCUT2D eigenvalue weighted by molar-refractivity contribution is 5.51. The van der Waals surface area contributed by atoms with E-state index in [9.17, 15) is 8.78 Å². The molecule has 110 valence electrons. The van der Waals surface area contributed by atoms with E-state index in [0.717, 1.165) is 36.3 Å². The van der Waals surface area contributed by atoms with Crippen molar-refractivity contribution in [2.75, 3.05) is 12.3 Å². The van der Waals surface area contributed by atoms with E-state index in [1.165, 1.54) is 17.7 Å². The molecule has 2 aromatic rings. The number of nitrogen functional groups attached to an aromatic ring is 1. The summed E-state index contributed by atoms with van der Waals surface area (Å²) < 4.78 is 26.4. The molecule has 0 saturated carbocycles. The lowest BCUT2D eigenvalue weighted by Gasteiger charge is -2.34. The molecule has 0 fully saturated rings. The van der Waals surface area contributed by atoms with Crippen LogP contribution in [0.5, 0.6) is 0 Å². The van der Waals surface area contributed by atoms with Gasteiger partial charge in [0.2, 0.25) is 0 Å². The van der Waals surface area contributed by atoms with E-state index < -0.39 is 11.6 Å². The summed E-state index contributed by atoms with van der Waals surface area (Å²) in [5, 5.41) is 0. The van der Waals surface area contributed by atoms with Crippen LogP contribution in [0.25, 0.3) is 0 Å². The first-order valence-electron chi connectivity index (χ1n) is 7.11. The number of hydrogen-bond donors (Lipinski definition) is 1. The molecule has 1 aliphatic heterocycles. The molecule has 1 aliphatic rings. The fourth-order valence-electron chi connectivity index (χ4n) is 2.94. The Morgan fingerprint density at radius 3 is 2.71 bits per heavy atom. The van der Waals surface area contributed by atoms with Gasteiger partial charge in [0.05, 0.1) is 0 Å². The lowest BCUT2D eigenvalue weighted by Crippen LogP contribution is -2.33. The highest BCUT2D eigenvalue weighted by Gasteiger charge is 2.23. The van der Waals surface area contributed by atoms with Gasteiger partial charge in [0.1, 0.15) is 0 Å². The molecule has 1 unspecified atom stereocenters. The van der Waals surface area contributed by atoms with Crippen LogP contribution in [-0.2, 0) is 13.0 Å². The van der Waals surface area contributed by atoms with Crippen LogP contribution in [0.3, 0.4) is 0 Å². The van der Waals surface area contributed by atoms with Crippen molar-refractivity contribution in [1.29, 1.82) is 0 Å². The normalized spacial score (nSPS) is 16.5. The number of nitrogens with two attached hydrogens (primary N) is 1. The van der Waals surface area contributed by atoms with E-state index in [-0.39, 0.29) is 6.04 Å². The molecule has 1 atom stereocenters. The van der Waals surface area contributed by atoms with Gasteiger partial charge in [-0.05, 0) is 48.2 Å². The lowest BCUT2D eigenvalue weighted by molar-refractivity contribution is 0.192. The predicted molar refractivity (Wildman–Crippen MR) is 79.7 cm³/mol. The molecule has 3 rings (SSSR count).